The maximum Gasteiger partial charge on any atom is 0.265 e. The Balaban J connectivity index is 1.73. The summed E-state index contributed by atoms with van der Waals surface area (Å²) in [4.78, 5) is 12.4. The van der Waals surface area contributed by atoms with Gasteiger partial charge in [0.25, 0.3) is 5.91 Å². The number of rotatable bonds is 3. The topological polar surface area (TPSA) is 67.8 Å². The van der Waals surface area contributed by atoms with Crippen LogP contribution in [0.25, 0.3) is 0 Å². The van der Waals surface area contributed by atoms with Crippen molar-refractivity contribution in [2.24, 2.45) is 0 Å². The highest BCUT2D eigenvalue weighted by atomic mass is 16.5. The smallest absolute Gasteiger partial charge is 0.265 e. The number of aryl methyl sites for hydroxylation is 2. The van der Waals surface area contributed by atoms with E-state index in [0.29, 0.717) is 24.3 Å². The lowest BCUT2D eigenvalue weighted by molar-refractivity contribution is -0.123. The number of methoxy groups -OCH3 is 1. The average Bonchev–Trinajstić information content (AvgIpc) is 2.55. The third-order valence-corrected chi connectivity index (χ3v) is 3.92. The number of aromatic hydroxyl groups is 1. The molecule has 0 fully saturated rings. The molecule has 1 heterocycles. The number of hydrogen-bond donors (Lipinski definition) is 2. The molecule has 1 aliphatic rings. The van der Waals surface area contributed by atoms with E-state index in [4.69, 9.17) is 9.47 Å². The number of fused-ring (bicyclic) bond motifs is 1. The summed E-state index contributed by atoms with van der Waals surface area (Å²) < 4.78 is 10.9. The average molecular weight is 313 g/mol. The van der Waals surface area contributed by atoms with Gasteiger partial charge >= 0.3 is 0 Å². The number of carbonyl (C=O) groups excluding carboxylic acids is 1. The van der Waals surface area contributed by atoms with E-state index in [9.17, 15) is 9.90 Å². The Hall–Kier alpha value is -2.69. The standard InChI is InChI=1S/C18H19NO4/c1-11-3-6-13(7-4-11)19-18(21)15-8-5-12-9-14(20)17(22-2)10-16(12)23-15/h3-4,6-7,9-10,15,20H,5,8H2,1-2H3,(H,19,21). The molecule has 0 saturated heterocycles. The molecule has 0 bridgehead atoms. The highest BCUT2D eigenvalue weighted by molar-refractivity contribution is 5.94. The Morgan fingerprint density at radius 1 is 1.30 bits per heavy atom. The second kappa shape index (κ2) is 6.20. The van der Waals surface area contributed by atoms with Crippen LogP contribution in [0, 0.1) is 6.92 Å². The van der Waals surface area contributed by atoms with E-state index in [1.807, 2.05) is 31.2 Å². The number of amides is 1. The van der Waals surface area contributed by atoms with Gasteiger partial charge in [0.2, 0.25) is 0 Å². The molecule has 2 aromatic rings. The van der Waals surface area contributed by atoms with Crippen LogP contribution in [0.4, 0.5) is 5.69 Å². The second-order valence-corrected chi connectivity index (χ2v) is 5.63. The van der Waals surface area contributed by atoms with E-state index in [-0.39, 0.29) is 11.7 Å². The van der Waals surface area contributed by atoms with Gasteiger partial charge in [0.1, 0.15) is 5.75 Å². The van der Waals surface area contributed by atoms with Gasteiger partial charge in [-0.05, 0) is 43.5 Å². The Kier molecular flexibility index (Phi) is 4.10. The largest absolute Gasteiger partial charge is 0.504 e. The first kappa shape index (κ1) is 15.2. The van der Waals surface area contributed by atoms with Crippen LogP contribution < -0.4 is 14.8 Å². The number of benzene rings is 2. The maximum absolute atomic E-state index is 12.4. The zero-order valence-electron chi connectivity index (χ0n) is 13.1. The molecule has 1 amide bonds. The minimum atomic E-state index is -0.557. The van der Waals surface area contributed by atoms with Crippen molar-refractivity contribution >= 4 is 11.6 Å². The minimum absolute atomic E-state index is 0.0809. The van der Waals surface area contributed by atoms with Crippen molar-refractivity contribution in [3.05, 3.63) is 47.5 Å². The van der Waals surface area contributed by atoms with Crippen LogP contribution >= 0.6 is 0 Å². The number of carbonyl (C=O) groups is 1. The van der Waals surface area contributed by atoms with Crippen LogP contribution in [0.15, 0.2) is 36.4 Å². The van der Waals surface area contributed by atoms with Gasteiger partial charge in [-0.25, -0.2) is 0 Å². The molecule has 0 aliphatic carbocycles. The monoisotopic (exact) mass is 313 g/mol. The molecule has 2 aromatic carbocycles. The molecule has 1 unspecified atom stereocenters. The van der Waals surface area contributed by atoms with Gasteiger partial charge in [-0.1, -0.05) is 17.7 Å². The van der Waals surface area contributed by atoms with Crippen LogP contribution in [0.1, 0.15) is 17.5 Å². The van der Waals surface area contributed by atoms with E-state index in [1.165, 1.54) is 7.11 Å². The van der Waals surface area contributed by atoms with Crippen LogP contribution in [-0.2, 0) is 11.2 Å². The molecule has 2 N–H and O–H groups in total. The number of ether oxygens (including phenoxy) is 2. The van der Waals surface area contributed by atoms with E-state index in [1.54, 1.807) is 12.1 Å². The third-order valence-electron chi connectivity index (χ3n) is 3.92. The summed E-state index contributed by atoms with van der Waals surface area (Å²) in [6, 6.07) is 10.9. The molecule has 1 aliphatic heterocycles. The van der Waals surface area contributed by atoms with Gasteiger partial charge in [-0.2, -0.15) is 0 Å². The Bertz CT molecular complexity index is 725. The lowest BCUT2D eigenvalue weighted by Gasteiger charge is -2.26. The molecule has 3 rings (SSSR count). The molecule has 0 spiro atoms. The summed E-state index contributed by atoms with van der Waals surface area (Å²) in [5.74, 6) is 0.822. The van der Waals surface area contributed by atoms with Crippen molar-refractivity contribution in [1.29, 1.82) is 0 Å². The Labute approximate surface area is 134 Å². The summed E-state index contributed by atoms with van der Waals surface area (Å²) in [7, 11) is 1.48. The first-order valence-electron chi connectivity index (χ1n) is 7.51. The molecule has 120 valence electrons. The molecular weight excluding hydrogens is 294 g/mol. The molecule has 23 heavy (non-hydrogen) atoms. The molecule has 0 saturated carbocycles. The van der Waals surface area contributed by atoms with Crippen LogP contribution in [0.2, 0.25) is 0 Å². The summed E-state index contributed by atoms with van der Waals surface area (Å²) in [6.07, 6.45) is 0.674. The fourth-order valence-electron chi connectivity index (χ4n) is 2.60. The van der Waals surface area contributed by atoms with Crippen LogP contribution in [0.3, 0.4) is 0 Å². The predicted molar refractivity (Wildman–Crippen MR) is 87.2 cm³/mol. The van der Waals surface area contributed by atoms with Gasteiger partial charge in [-0.3, -0.25) is 4.79 Å². The number of hydrogen-bond acceptors (Lipinski definition) is 4. The lowest BCUT2D eigenvalue weighted by Crippen LogP contribution is -2.35. The van der Waals surface area contributed by atoms with Crippen molar-refractivity contribution < 1.29 is 19.4 Å². The second-order valence-electron chi connectivity index (χ2n) is 5.63. The van der Waals surface area contributed by atoms with Gasteiger partial charge in [0.05, 0.1) is 7.11 Å². The molecule has 5 heteroatoms. The predicted octanol–water partition coefficient (Wildman–Crippen LogP) is 3.04. The molecule has 0 radical (unpaired) electrons. The van der Waals surface area contributed by atoms with Crippen molar-refractivity contribution in [1.82, 2.24) is 0 Å². The van der Waals surface area contributed by atoms with Crippen molar-refractivity contribution in [3.8, 4) is 17.2 Å². The zero-order chi connectivity index (χ0) is 16.4. The van der Waals surface area contributed by atoms with Crippen molar-refractivity contribution in [2.45, 2.75) is 25.9 Å². The Morgan fingerprint density at radius 2 is 2.04 bits per heavy atom. The van der Waals surface area contributed by atoms with Gasteiger partial charge < -0.3 is 19.9 Å². The first-order chi connectivity index (χ1) is 11.1. The van der Waals surface area contributed by atoms with Crippen LogP contribution in [0.5, 0.6) is 17.2 Å². The molecular formula is C18H19NO4. The normalized spacial score (nSPS) is 16.2. The molecule has 5 nitrogen and oxygen atoms in total. The molecule has 0 aromatic heterocycles. The highest BCUT2D eigenvalue weighted by Crippen LogP contribution is 2.37. The number of anilines is 1. The van der Waals surface area contributed by atoms with Crippen molar-refractivity contribution in [3.63, 3.8) is 0 Å². The number of phenolic OH excluding ortho intramolecular Hbond substituents is 1. The summed E-state index contributed by atoms with van der Waals surface area (Å²) in [6.45, 7) is 2.00. The van der Waals surface area contributed by atoms with Gasteiger partial charge in [0, 0.05) is 11.8 Å². The maximum atomic E-state index is 12.4. The number of phenols is 1. The summed E-state index contributed by atoms with van der Waals surface area (Å²) in [5.41, 5.74) is 2.76. The SMILES string of the molecule is COc1cc2c(cc1O)CCC(C(=O)Nc1ccc(C)cc1)O2. The Morgan fingerprint density at radius 3 is 2.74 bits per heavy atom. The van der Waals surface area contributed by atoms with E-state index < -0.39 is 6.10 Å². The van der Waals surface area contributed by atoms with Gasteiger partial charge in [-0.15, -0.1) is 0 Å². The quantitative estimate of drug-likeness (QED) is 0.914. The fraction of sp³-hybridized carbons (Fsp3) is 0.278. The minimum Gasteiger partial charge on any atom is -0.504 e. The van der Waals surface area contributed by atoms with Crippen molar-refractivity contribution in [2.75, 3.05) is 12.4 Å². The van der Waals surface area contributed by atoms with E-state index >= 15 is 0 Å². The lowest BCUT2D eigenvalue weighted by atomic mass is 10.0. The summed E-state index contributed by atoms with van der Waals surface area (Å²) in [5, 5.41) is 12.7. The molecule has 1 atom stereocenters. The van der Waals surface area contributed by atoms with Crippen LogP contribution in [-0.4, -0.2) is 24.2 Å². The van der Waals surface area contributed by atoms with Gasteiger partial charge in [0.15, 0.2) is 17.6 Å². The van der Waals surface area contributed by atoms with E-state index in [2.05, 4.69) is 5.32 Å². The summed E-state index contributed by atoms with van der Waals surface area (Å²) >= 11 is 0. The van der Waals surface area contributed by atoms with E-state index in [0.717, 1.165) is 16.8 Å². The first-order valence-corrected chi connectivity index (χ1v) is 7.51. The number of nitrogens with one attached hydrogen (secondary N) is 1. The highest BCUT2D eigenvalue weighted by Gasteiger charge is 2.27. The zero-order valence-corrected chi connectivity index (χ0v) is 13.1. The fourth-order valence-corrected chi connectivity index (χ4v) is 2.60. The third kappa shape index (κ3) is 3.23.